The van der Waals surface area contributed by atoms with Gasteiger partial charge in [0, 0.05) is 26.2 Å². The molecule has 1 fully saturated rings. The van der Waals surface area contributed by atoms with Crippen molar-refractivity contribution in [3.63, 3.8) is 0 Å². The number of hydrogen-bond donors (Lipinski definition) is 0. The van der Waals surface area contributed by atoms with E-state index in [-0.39, 0.29) is 0 Å². The molecule has 1 saturated heterocycles. The van der Waals surface area contributed by atoms with E-state index >= 15 is 0 Å². The van der Waals surface area contributed by atoms with Crippen LogP contribution in [0, 0.1) is 0 Å². The van der Waals surface area contributed by atoms with E-state index in [0.29, 0.717) is 24.6 Å². The van der Waals surface area contributed by atoms with Gasteiger partial charge >= 0.3 is 17.8 Å². The molecule has 5 amide bonds. The molecular weight excluding hydrogens is 338 g/mol. The zero-order chi connectivity index (χ0) is 19.3. The van der Waals surface area contributed by atoms with Crippen molar-refractivity contribution in [1.82, 2.24) is 14.7 Å². The van der Waals surface area contributed by atoms with E-state index in [1.807, 2.05) is 30.3 Å². The number of rotatable bonds is 8. The second kappa shape index (κ2) is 8.57. The molecule has 0 bridgehead atoms. The molecule has 140 valence electrons. The Hall–Kier alpha value is -2.74. The van der Waals surface area contributed by atoms with Gasteiger partial charge in [-0.25, -0.2) is 9.69 Å². The summed E-state index contributed by atoms with van der Waals surface area (Å²) in [5, 5.41) is 0. The average molecular weight is 361 g/mol. The number of urea groups is 1. The molecule has 2 rings (SSSR count). The van der Waals surface area contributed by atoms with E-state index in [0.717, 1.165) is 10.5 Å². The third kappa shape index (κ3) is 4.26. The minimum Gasteiger partial charge on any atom is -0.383 e. The normalized spacial score (nSPS) is 14.5. The Morgan fingerprint density at radius 1 is 1.12 bits per heavy atom. The van der Waals surface area contributed by atoms with Crippen LogP contribution in [0.15, 0.2) is 30.3 Å². The fraction of sp³-hybridized carbons (Fsp3) is 0.444. The van der Waals surface area contributed by atoms with Crippen LogP contribution in [0.4, 0.5) is 4.79 Å². The number of carbonyl (C=O) groups is 4. The maximum absolute atomic E-state index is 12.7. The van der Waals surface area contributed by atoms with Crippen molar-refractivity contribution in [3.8, 4) is 0 Å². The lowest BCUT2D eigenvalue weighted by molar-refractivity contribution is -0.145. The number of ether oxygens (including phenoxy) is 1. The first-order valence-electron chi connectivity index (χ1n) is 8.36. The Bertz CT molecular complexity index is 689. The van der Waals surface area contributed by atoms with Crippen molar-refractivity contribution >= 4 is 23.8 Å². The van der Waals surface area contributed by atoms with Crippen molar-refractivity contribution < 1.29 is 23.9 Å². The molecule has 0 aromatic heterocycles. The summed E-state index contributed by atoms with van der Waals surface area (Å²) in [6.07, 6.45) is 0. The second-order valence-corrected chi connectivity index (χ2v) is 6.24. The Labute approximate surface area is 152 Å². The first-order chi connectivity index (χ1) is 12.4. The minimum absolute atomic E-state index is 0.308. The van der Waals surface area contributed by atoms with Gasteiger partial charge in [0.05, 0.1) is 6.61 Å². The quantitative estimate of drug-likeness (QED) is 0.506. The topological polar surface area (TPSA) is 87.2 Å². The van der Waals surface area contributed by atoms with Crippen molar-refractivity contribution in [2.75, 3.05) is 26.8 Å². The molecule has 0 spiro atoms. The molecule has 1 heterocycles. The number of amides is 5. The fourth-order valence-electron chi connectivity index (χ4n) is 2.65. The summed E-state index contributed by atoms with van der Waals surface area (Å²) in [6.45, 7) is 3.74. The highest BCUT2D eigenvalue weighted by molar-refractivity contribution is 6.45. The van der Waals surface area contributed by atoms with Gasteiger partial charge in [0.1, 0.15) is 6.54 Å². The van der Waals surface area contributed by atoms with E-state index in [2.05, 4.69) is 0 Å². The van der Waals surface area contributed by atoms with Gasteiger partial charge in [-0.05, 0) is 19.4 Å². The Morgan fingerprint density at radius 3 is 2.31 bits per heavy atom. The van der Waals surface area contributed by atoms with Crippen LogP contribution in [-0.4, -0.2) is 71.3 Å². The lowest BCUT2D eigenvalue weighted by Crippen LogP contribution is -2.44. The maximum Gasteiger partial charge on any atom is 0.334 e. The lowest BCUT2D eigenvalue weighted by atomic mass is 10.2. The molecule has 1 aliphatic heterocycles. The fourth-order valence-corrected chi connectivity index (χ4v) is 2.65. The van der Waals surface area contributed by atoms with Crippen molar-refractivity contribution in [2.45, 2.75) is 26.4 Å². The van der Waals surface area contributed by atoms with Gasteiger partial charge in [-0.2, -0.15) is 0 Å². The summed E-state index contributed by atoms with van der Waals surface area (Å²) in [7, 11) is 1.53. The number of hydrogen-bond acceptors (Lipinski definition) is 5. The lowest BCUT2D eigenvalue weighted by Gasteiger charge is -2.25. The van der Waals surface area contributed by atoms with Gasteiger partial charge in [0.25, 0.3) is 0 Å². The van der Waals surface area contributed by atoms with E-state index in [1.54, 1.807) is 13.8 Å². The molecule has 1 aromatic carbocycles. The highest BCUT2D eigenvalue weighted by Gasteiger charge is 2.46. The molecule has 0 atom stereocenters. The molecule has 0 saturated carbocycles. The zero-order valence-electron chi connectivity index (χ0n) is 15.2. The smallest absolute Gasteiger partial charge is 0.334 e. The van der Waals surface area contributed by atoms with Crippen LogP contribution in [-0.2, 0) is 25.7 Å². The SMILES string of the molecule is COCCN(Cc1ccccc1)C(=O)CN1C(=O)C(=O)N(C(C)C)C1=O. The van der Waals surface area contributed by atoms with Crippen LogP contribution in [0.5, 0.6) is 0 Å². The first-order valence-corrected chi connectivity index (χ1v) is 8.36. The van der Waals surface area contributed by atoms with Crippen LogP contribution >= 0.6 is 0 Å². The molecule has 26 heavy (non-hydrogen) atoms. The molecule has 0 N–H and O–H groups in total. The average Bonchev–Trinajstić information content (AvgIpc) is 2.82. The number of carbonyl (C=O) groups excluding carboxylic acids is 4. The van der Waals surface area contributed by atoms with Crippen LogP contribution in [0.25, 0.3) is 0 Å². The van der Waals surface area contributed by atoms with Gasteiger partial charge in [-0.1, -0.05) is 30.3 Å². The van der Waals surface area contributed by atoms with Crippen LogP contribution < -0.4 is 0 Å². The molecule has 8 heteroatoms. The molecule has 0 aliphatic carbocycles. The highest BCUT2D eigenvalue weighted by atomic mass is 16.5. The van der Waals surface area contributed by atoms with Gasteiger partial charge in [0.2, 0.25) is 5.91 Å². The van der Waals surface area contributed by atoms with E-state index in [9.17, 15) is 19.2 Å². The van der Waals surface area contributed by atoms with Crippen LogP contribution in [0.2, 0.25) is 0 Å². The Balaban J connectivity index is 2.12. The predicted molar refractivity (Wildman–Crippen MR) is 92.8 cm³/mol. The van der Waals surface area contributed by atoms with E-state index in [4.69, 9.17) is 4.74 Å². The molecule has 8 nitrogen and oxygen atoms in total. The third-order valence-electron chi connectivity index (χ3n) is 4.03. The van der Waals surface area contributed by atoms with Crippen molar-refractivity contribution in [3.05, 3.63) is 35.9 Å². The van der Waals surface area contributed by atoms with Gasteiger partial charge in [0.15, 0.2) is 0 Å². The maximum atomic E-state index is 12.7. The third-order valence-corrected chi connectivity index (χ3v) is 4.03. The Kier molecular flexibility index (Phi) is 6.46. The van der Waals surface area contributed by atoms with Gasteiger partial charge < -0.3 is 9.64 Å². The first kappa shape index (κ1) is 19.6. The van der Waals surface area contributed by atoms with Crippen LogP contribution in [0.3, 0.4) is 0 Å². The number of nitrogens with zero attached hydrogens (tertiary/aromatic N) is 3. The zero-order valence-corrected chi connectivity index (χ0v) is 15.2. The molecular formula is C18H23N3O5. The van der Waals surface area contributed by atoms with Gasteiger partial charge in [-0.15, -0.1) is 0 Å². The highest BCUT2D eigenvalue weighted by Crippen LogP contribution is 2.16. The Morgan fingerprint density at radius 2 is 1.77 bits per heavy atom. The summed E-state index contributed by atoms with van der Waals surface area (Å²) >= 11 is 0. The molecule has 1 aromatic rings. The predicted octanol–water partition coefficient (Wildman–Crippen LogP) is 0.861. The summed E-state index contributed by atoms with van der Waals surface area (Å²) in [5.41, 5.74) is 0.913. The molecule has 0 radical (unpaired) electrons. The van der Waals surface area contributed by atoms with E-state index in [1.165, 1.54) is 12.0 Å². The van der Waals surface area contributed by atoms with E-state index < -0.39 is 36.3 Å². The molecule has 0 unspecified atom stereocenters. The monoisotopic (exact) mass is 361 g/mol. The van der Waals surface area contributed by atoms with Crippen molar-refractivity contribution in [2.24, 2.45) is 0 Å². The second-order valence-electron chi connectivity index (χ2n) is 6.24. The number of methoxy groups -OCH3 is 1. The summed E-state index contributed by atoms with van der Waals surface area (Å²) in [6, 6.07) is 8.15. The molecule has 1 aliphatic rings. The van der Waals surface area contributed by atoms with Gasteiger partial charge in [-0.3, -0.25) is 19.3 Å². The van der Waals surface area contributed by atoms with Crippen LogP contribution in [0.1, 0.15) is 19.4 Å². The standard InChI is InChI=1S/C18H23N3O5/c1-13(2)21-17(24)16(23)20(18(21)25)12-15(22)19(9-10-26-3)11-14-7-5-4-6-8-14/h4-8,13H,9-12H2,1-3H3. The minimum atomic E-state index is -0.969. The number of imide groups is 2. The summed E-state index contributed by atoms with van der Waals surface area (Å²) in [5.74, 6) is -2.29. The van der Waals surface area contributed by atoms with Crippen molar-refractivity contribution in [1.29, 1.82) is 0 Å². The summed E-state index contributed by atoms with van der Waals surface area (Å²) in [4.78, 5) is 52.1. The number of benzene rings is 1. The largest absolute Gasteiger partial charge is 0.383 e. The summed E-state index contributed by atoms with van der Waals surface area (Å²) < 4.78 is 5.03.